The van der Waals surface area contributed by atoms with E-state index < -0.39 is 33.7 Å². The molecule has 0 radical (unpaired) electrons. The normalized spacial score (nSPS) is 11.6. The summed E-state index contributed by atoms with van der Waals surface area (Å²) in [5.74, 6) is -3.40. The van der Waals surface area contributed by atoms with Crippen molar-refractivity contribution in [1.82, 2.24) is 19.9 Å². The van der Waals surface area contributed by atoms with Gasteiger partial charge >= 0.3 is 23.9 Å². The molecule has 13 rings (SSSR count). The van der Waals surface area contributed by atoms with Crippen LogP contribution in [0, 0.1) is 20.2 Å². The van der Waals surface area contributed by atoms with E-state index in [1.807, 2.05) is 146 Å². The average molecular weight is 1270 g/mol. The molecule has 0 saturated heterocycles. The molecule has 20 nitrogen and oxygen atoms in total. The second-order valence-electron chi connectivity index (χ2n) is 21.9. The third-order valence-corrected chi connectivity index (χ3v) is 16.4. The summed E-state index contributed by atoms with van der Waals surface area (Å²) < 4.78 is 22.3. The van der Waals surface area contributed by atoms with E-state index in [1.165, 1.54) is 101 Å². The van der Waals surface area contributed by atoms with E-state index in [-0.39, 0.29) is 101 Å². The number of hydrogen-bond acceptors (Lipinski definition) is 16. The van der Waals surface area contributed by atoms with Gasteiger partial charge in [-0.05, 0) is 144 Å². The number of anilines is 6. The number of aromatic amines is 2. The third-order valence-electron chi connectivity index (χ3n) is 16.4. The number of carbonyl (C=O) groups excluding carboxylic acids is 4. The Hall–Kier alpha value is -13.4. The molecule has 8 aromatic carbocycles. The van der Waals surface area contributed by atoms with Crippen LogP contribution in [0.15, 0.2) is 231 Å². The smallest absolute Gasteiger partial charge is 0.340 e. The van der Waals surface area contributed by atoms with Crippen molar-refractivity contribution < 1.29 is 48.0 Å². The van der Waals surface area contributed by atoms with E-state index in [1.54, 1.807) is 24.3 Å². The van der Waals surface area contributed by atoms with Crippen molar-refractivity contribution in [2.24, 2.45) is 0 Å². The number of carbonyl (C=O) groups is 4. The number of aromatic nitrogens is 4. The predicted octanol–water partition coefficient (Wildman–Crippen LogP) is 16.7. The number of nitrogens with one attached hydrogen (secondary N) is 2. The van der Waals surface area contributed by atoms with E-state index in [4.69, 9.17) is 28.9 Å². The van der Waals surface area contributed by atoms with Gasteiger partial charge in [0.15, 0.2) is 0 Å². The molecule has 11 aromatic rings. The summed E-state index contributed by atoms with van der Waals surface area (Å²) in [6, 6.07) is 67.8. The highest BCUT2D eigenvalue weighted by atomic mass is 16.6. The minimum Gasteiger partial charge on any atom is -0.465 e. The monoisotopic (exact) mass is 1270 g/mol. The Morgan fingerprint density at radius 3 is 0.917 bits per heavy atom. The molecule has 0 atom stereocenters. The number of non-ortho nitro benzene ring substituents is 2. The highest BCUT2D eigenvalue weighted by Gasteiger charge is 2.33. The average Bonchev–Trinajstić information content (AvgIpc) is 1.57. The molecule has 0 aliphatic carbocycles. The highest BCUT2D eigenvalue weighted by molar-refractivity contribution is 6.27. The summed E-state index contributed by atoms with van der Waals surface area (Å²) in [7, 11) is 4.83. The first kappa shape index (κ1) is 61.5. The second-order valence-corrected chi connectivity index (χ2v) is 21.9. The highest BCUT2D eigenvalue weighted by Crippen LogP contribution is 2.46. The van der Waals surface area contributed by atoms with Gasteiger partial charge in [-0.2, -0.15) is 0 Å². The van der Waals surface area contributed by atoms with Crippen LogP contribution in [0.2, 0.25) is 0 Å². The third kappa shape index (κ3) is 11.5. The number of hydrogen-bond donors (Lipinski definition) is 2. The fourth-order valence-corrected chi connectivity index (χ4v) is 12.1. The molecule has 3 aromatic heterocycles. The number of fused-ring (bicyclic) bond motifs is 8. The zero-order valence-electron chi connectivity index (χ0n) is 51.7. The Kier molecular flexibility index (Phi) is 16.7. The molecule has 20 heteroatoms. The molecule has 0 unspecified atom stereocenters. The zero-order valence-corrected chi connectivity index (χ0v) is 51.7. The van der Waals surface area contributed by atoms with Gasteiger partial charge in [0, 0.05) is 91.7 Å². The number of esters is 4. The summed E-state index contributed by atoms with van der Waals surface area (Å²) >= 11 is 0. The summed E-state index contributed by atoms with van der Waals surface area (Å²) in [6.07, 6.45) is 2.97. The lowest BCUT2D eigenvalue weighted by atomic mass is 9.97. The second kappa shape index (κ2) is 26.1. The number of ether oxygens (including phenoxy) is 4. The van der Waals surface area contributed by atoms with Gasteiger partial charge in [-0.1, -0.05) is 97.1 Å². The first-order chi connectivity index (χ1) is 46.7. The SMILES string of the molecule is COC(=O)C1=Cc2nc1c(-c1ccc(N(c3ccccc3)c3ccccc3)cc1)c1[nH]c(cc1C(=O)OC)c(-c1ccc([N+](=O)[O-])cc1)c1nc(c(-c3ccc(N(c4ccccc4)c4ccccc4)cc3)c3[nH]c(cc3C(=O)OC)c2-c2ccc([N+](=O)[O-])cc2)C(C(=O)OC)=C1. The number of nitro benzene ring substituents is 2. The van der Waals surface area contributed by atoms with Crippen molar-refractivity contribution in [3.05, 3.63) is 285 Å². The molecule has 96 heavy (non-hydrogen) atoms. The summed E-state index contributed by atoms with van der Waals surface area (Å²) in [6.45, 7) is 0. The van der Waals surface area contributed by atoms with Gasteiger partial charge in [0.1, 0.15) is 0 Å². The van der Waals surface area contributed by atoms with Crippen LogP contribution in [0.25, 0.3) is 89.9 Å². The largest absolute Gasteiger partial charge is 0.465 e. The Balaban J connectivity index is 1.23. The fourth-order valence-electron chi connectivity index (χ4n) is 12.1. The van der Waals surface area contributed by atoms with Gasteiger partial charge in [0.25, 0.3) is 11.4 Å². The van der Waals surface area contributed by atoms with E-state index in [0.29, 0.717) is 33.6 Å². The van der Waals surface area contributed by atoms with Crippen LogP contribution < -0.4 is 9.80 Å². The molecular formula is C76H54N8O12. The van der Waals surface area contributed by atoms with Crippen LogP contribution in [0.5, 0.6) is 0 Å². The van der Waals surface area contributed by atoms with Crippen molar-refractivity contribution in [3.63, 3.8) is 0 Å². The van der Waals surface area contributed by atoms with Crippen LogP contribution in [0.3, 0.4) is 0 Å². The molecule has 2 N–H and O–H groups in total. The van der Waals surface area contributed by atoms with Gasteiger partial charge in [-0.15, -0.1) is 0 Å². The lowest BCUT2D eigenvalue weighted by molar-refractivity contribution is -0.385. The number of rotatable bonds is 16. The zero-order chi connectivity index (χ0) is 66.7. The van der Waals surface area contributed by atoms with Crippen LogP contribution in [-0.4, -0.2) is 82.1 Å². The molecule has 8 bridgehead atoms. The molecule has 0 amide bonds. The molecule has 2 aliphatic heterocycles. The molecular weight excluding hydrogens is 1220 g/mol. The van der Waals surface area contributed by atoms with Crippen molar-refractivity contribution in [2.75, 3.05) is 38.2 Å². The molecule has 5 heterocycles. The molecule has 0 fully saturated rings. The van der Waals surface area contributed by atoms with Gasteiger partial charge in [-0.25, -0.2) is 29.1 Å². The van der Waals surface area contributed by atoms with E-state index in [0.717, 1.165) is 22.7 Å². The Morgan fingerprint density at radius 2 is 0.635 bits per heavy atom. The van der Waals surface area contributed by atoms with E-state index in [9.17, 15) is 39.4 Å². The van der Waals surface area contributed by atoms with Crippen LogP contribution in [-0.2, 0) is 28.5 Å². The standard InChI is InChI=1S/C76H54N8O12/c1-93-73(85)57-41-61-65(45-29-37-55(38-30-45)83(89)90)62-43-59(75(87)95-3)71(79-62)68(48-27-35-54(36-28-48)82(51-21-13-7-14-22-51)52-23-15-8-16-24-52)72-60(76(88)96-4)44-64(80-72)66(46-31-39-56(40-32-46)84(91)92)63-42-58(74(86)94-2)70(78-63)67(69(57)77-61)47-25-33-53(34-26-47)81(49-17-9-5-10-18-49)50-19-11-6-12-20-50/h5-44,77,80H,1-4H3. The molecule has 0 saturated carbocycles. The number of nitrogens with zero attached hydrogens (tertiary/aromatic N) is 6. The lowest BCUT2D eigenvalue weighted by Gasteiger charge is -2.25. The predicted molar refractivity (Wildman–Crippen MR) is 368 cm³/mol. The Morgan fingerprint density at radius 1 is 0.365 bits per heavy atom. The van der Waals surface area contributed by atoms with Crippen LogP contribution in [0.1, 0.15) is 43.5 Å². The van der Waals surface area contributed by atoms with Gasteiger partial charge in [-0.3, -0.25) is 20.2 Å². The first-order valence-corrected chi connectivity index (χ1v) is 29.9. The number of benzene rings is 8. The molecule has 0 spiro atoms. The minimum absolute atomic E-state index is 0.0245. The van der Waals surface area contributed by atoms with Crippen molar-refractivity contribution >= 4 is 115 Å². The van der Waals surface area contributed by atoms with Gasteiger partial charge < -0.3 is 38.7 Å². The Labute approximate surface area is 547 Å². The quantitative estimate of drug-likeness (QED) is 0.0394. The van der Waals surface area contributed by atoms with Crippen LogP contribution in [0.4, 0.5) is 45.5 Å². The van der Waals surface area contributed by atoms with Gasteiger partial charge in [0.05, 0.1) is 94.4 Å². The maximum Gasteiger partial charge on any atom is 0.340 e. The summed E-state index contributed by atoms with van der Waals surface area (Å²) in [4.78, 5) is 105. The Bertz CT molecular complexity index is 4750. The lowest BCUT2D eigenvalue weighted by Crippen LogP contribution is -2.09. The maximum absolute atomic E-state index is 14.8. The number of nitro groups is 2. The summed E-state index contributed by atoms with van der Waals surface area (Å²) in [5.41, 5.74) is 6.68. The maximum atomic E-state index is 14.8. The van der Waals surface area contributed by atoms with Crippen LogP contribution >= 0.6 is 0 Å². The first-order valence-electron chi connectivity index (χ1n) is 29.9. The topological polar surface area (TPSA) is 255 Å². The van der Waals surface area contributed by atoms with E-state index >= 15 is 0 Å². The van der Waals surface area contributed by atoms with E-state index in [2.05, 4.69) is 19.8 Å². The van der Waals surface area contributed by atoms with Crippen molar-refractivity contribution in [3.8, 4) is 44.5 Å². The number of para-hydroxylation sites is 4. The van der Waals surface area contributed by atoms with Gasteiger partial charge in [0.2, 0.25) is 0 Å². The van der Waals surface area contributed by atoms with Crippen molar-refractivity contribution in [2.45, 2.75) is 0 Å². The van der Waals surface area contributed by atoms with Crippen molar-refractivity contribution in [1.29, 1.82) is 0 Å². The minimum atomic E-state index is -0.856. The number of H-pyrrole nitrogens is 2. The summed E-state index contributed by atoms with van der Waals surface area (Å²) in [5, 5.41) is 24.6. The fraction of sp³-hybridized carbons (Fsp3) is 0.0526. The molecule has 470 valence electrons. The molecule has 2 aliphatic rings. The number of methoxy groups -OCH3 is 4.